The molecule has 13 heavy (non-hydrogen) atoms. The van der Waals surface area contributed by atoms with Crippen molar-refractivity contribution < 1.29 is 19.8 Å². The first-order valence-electron chi connectivity index (χ1n) is 4.26. The number of carboxylic acids is 1. The Labute approximate surface area is 76.0 Å². The van der Waals surface area contributed by atoms with Crippen LogP contribution < -0.4 is 0 Å². The molecule has 0 spiro atoms. The molecule has 1 saturated heterocycles. The van der Waals surface area contributed by atoms with E-state index in [1.807, 2.05) is 0 Å². The number of nitrogens with zero attached hydrogens (tertiary/aromatic N) is 1. The molecule has 1 amide bonds. The number of amides is 1. The summed E-state index contributed by atoms with van der Waals surface area (Å²) in [6.45, 7) is 2.10. The van der Waals surface area contributed by atoms with Crippen LogP contribution in [0.2, 0.25) is 0 Å². The van der Waals surface area contributed by atoms with Gasteiger partial charge in [-0.2, -0.15) is 0 Å². The Morgan fingerprint density at radius 1 is 1.38 bits per heavy atom. The molecule has 74 valence electrons. The van der Waals surface area contributed by atoms with Crippen LogP contribution in [0.4, 0.5) is 4.79 Å². The van der Waals surface area contributed by atoms with E-state index in [1.165, 1.54) is 0 Å². The molecule has 0 aromatic carbocycles. The number of piperidine rings is 1. The normalized spacial score (nSPS) is 28.5. The van der Waals surface area contributed by atoms with Crippen LogP contribution >= 0.6 is 0 Å². The first kappa shape index (κ1) is 9.83. The molecule has 2 atom stereocenters. The summed E-state index contributed by atoms with van der Waals surface area (Å²) in [5.41, 5.74) is 0. The third kappa shape index (κ3) is 1.91. The second-order valence-corrected chi connectivity index (χ2v) is 3.38. The van der Waals surface area contributed by atoms with Gasteiger partial charge in [-0.1, -0.05) is 6.92 Å². The number of carboxylic acid groups (broad SMARTS) is 2. The Morgan fingerprint density at radius 2 is 2.00 bits per heavy atom. The van der Waals surface area contributed by atoms with Crippen molar-refractivity contribution in [2.45, 2.75) is 25.8 Å². The van der Waals surface area contributed by atoms with Crippen LogP contribution in [0.1, 0.15) is 19.8 Å². The zero-order chi connectivity index (χ0) is 10.0. The van der Waals surface area contributed by atoms with E-state index in [2.05, 4.69) is 0 Å². The second kappa shape index (κ2) is 3.64. The number of aliphatic carboxylic acids is 1. The van der Waals surface area contributed by atoms with Gasteiger partial charge in [0.1, 0.15) is 6.04 Å². The molecule has 1 heterocycles. The maximum absolute atomic E-state index is 10.8. The van der Waals surface area contributed by atoms with Gasteiger partial charge in [-0.05, 0) is 18.8 Å². The van der Waals surface area contributed by atoms with Crippen LogP contribution in [-0.2, 0) is 4.79 Å². The molecule has 1 rings (SSSR count). The maximum atomic E-state index is 10.8. The van der Waals surface area contributed by atoms with Crippen molar-refractivity contribution in [2.75, 3.05) is 6.54 Å². The third-order valence-corrected chi connectivity index (χ3v) is 2.43. The van der Waals surface area contributed by atoms with E-state index >= 15 is 0 Å². The number of likely N-dealkylation sites (tertiary alicyclic amines) is 1. The Balaban J connectivity index is 2.80. The molecule has 0 aromatic heterocycles. The number of hydrogen-bond donors (Lipinski definition) is 2. The lowest BCUT2D eigenvalue weighted by Crippen LogP contribution is -2.51. The lowest BCUT2D eigenvalue weighted by atomic mass is 9.91. The highest BCUT2D eigenvalue weighted by Gasteiger charge is 2.36. The zero-order valence-electron chi connectivity index (χ0n) is 7.43. The van der Waals surface area contributed by atoms with Crippen molar-refractivity contribution in [3.63, 3.8) is 0 Å². The summed E-state index contributed by atoms with van der Waals surface area (Å²) in [6.07, 6.45) is 0.386. The van der Waals surface area contributed by atoms with Crippen LogP contribution in [0.25, 0.3) is 0 Å². The summed E-state index contributed by atoms with van der Waals surface area (Å²) in [5.74, 6) is -1.14. The lowest BCUT2D eigenvalue weighted by molar-refractivity contribution is -0.145. The molecule has 0 bridgehead atoms. The fraction of sp³-hybridized carbons (Fsp3) is 0.750. The molecule has 1 fully saturated rings. The second-order valence-electron chi connectivity index (χ2n) is 3.38. The van der Waals surface area contributed by atoms with E-state index in [-0.39, 0.29) is 5.92 Å². The molecule has 2 N–H and O–H groups in total. The van der Waals surface area contributed by atoms with Crippen LogP contribution in [-0.4, -0.2) is 39.8 Å². The van der Waals surface area contributed by atoms with Gasteiger partial charge < -0.3 is 10.2 Å². The van der Waals surface area contributed by atoms with Gasteiger partial charge >= 0.3 is 12.1 Å². The summed E-state index contributed by atoms with van der Waals surface area (Å²) < 4.78 is 0. The van der Waals surface area contributed by atoms with Crippen molar-refractivity contribution in [1.29, 1.82) is 0 Å². The summed E-state index contributed by atoms with van der Waals surface area (Å²) >= 11 is 0. The van der Waals surface area contributed by atoms with Crippen molar-refractivity contribution in [1.82, 2.24) is 4.90 Å². The highest BCUT2D eigenvalue weighted by atomic mass is 16.4. The standard InChI is InChI=1S/C8H13NO4/c1-5-3-2-4-9(8(12)13)6(5)7(10)11/h5-6H,2-4H2,1H3,(H,10,11)(H,12,13). The molecule has 5 heteroatoms. The van der Waals surface area contributed by atoms with Crippen LogP contribution in [0, 0.1) is 5.92 Å². The average Bonchev–Trinajstić information content (AvgIpc) is 2.02. The number of hydrogen-bond acceptors (Lipinski definition) is 2. The van der Waals surface area contributed by atoms with Gasteiger partial charge in [0.2, 0.25) is 0 Å². The largest absolute Gasteiger partial charge is 0.480 e. The molecule has 0 aliphatic carbocycles. The van der Waals surface area contributed by atoms with Crippen LogP contribution in [0.15, 0.2) is 0 Å². The Hall–Kier alpha value is -1.26. The molecular weight excluding hydrogens is 174 g/mol. The third-order valence-electron chi connectivity index (χ3n) is 2.43. The van der Waals surface area contributed by atoms with Gasteiger partial charge in [0.15, 0.2) is 0 Å². The van der Waals surface area contributed by atoms with Crippen LogP contribution in [0.3, 0.4) is 0 Å². The van der Waals surface area contributed by atoms with E-state index in [0.29, 0.717) is 6.54 Å². The summed E-state index contributed by atoms with van der Waals surface area (Å²) in [5, 5.41) is 17.6. The molecule has 0 aromatic rings. The van der Waals surface area contributed by atoms with Gasteiger partial charge in [0.05, 0.1) is 0 Å². The number of carbonyl (C=O) groups is 2. The van der Waals surface area contributed by atoms with Gasteiger partial charge in [-0.25, -0.2) is 9.59 Å². The molecule has 2 unspecified atom stereocenters. The minimum atomic E-state index is -1.14. The van der Waals surface area contributed by atoms with E-state index in [4.69, 9.17) is 10.2 Å². The fourth-order valence-electron chi connectivity index (χ4n) is 1.78. The van der Waals surface area contributed by atoms with Crippen molar-refractivity contribution >= 4 is 12.1 Å². The lowest BCUT2D eigenvalue weighted by Gasteiger charge is -2.35. The van der Waals surface area contributed by atoms with E-state index in [1.54, 1.807) is 6.92 Å². The molecule has 0 saturated carbocycles. The van der Waals surface area contributed by atoms with Crippen molar-refractivity contribution in [3.05, 3.63) is 0 Å². The predicted molar refractivity (Wildman–Crippen MR) is 44.6 cm³/mol. The quantitative estimate of drug-likeness (QED) is 0.637. The fourth-order valence-corrected chi connectivity index (χ4v) is 1.78. The van der Waals surface area contributed by atoms with Crippen molar-refractivity contribution in [2.24, 2.45) is 5.92 Å². The SMILES string of the molecule is CC1CCCN(C(=O)O)C1C(=O)O. The van der Waals surface area contributed by atoms with Gasteiger partial charge in [-0.15, -0.1) is 0 Å². The first-order chi connectivity index (χ1) is 6.04. The summed E-state index contributed by atoms with van der Waals surface area (Å²) in [4.78, 5) is 22.5. The average molecular weight is 187 g/mol. The van der Waals surface area contributed by atoms with E-state index in [0.717, 1.165) is 17.7 Å². The highest BCUT2D eigenvalue weighted by Crippen LogP contribution is 2.23. The predicted octanol–water partition coefficient (Wildman–Crippen LogP) is 0.850. The first-order valence-corrected chi connectivity index (χ1v) is 4.26. The maximum Gasteiger partial charge on any atom is 0.408 e. The topological polar surface area (TPSA) is 77.8 Å². The smallest absolute Gasteiger partial charge is 0.408 e. The molecule has 1 aliphatic heterocycles. The van der Waals surface area contributed by atoms with Crippen LogP contribution in [0.5, 0.6) is 0 Å². The minimum absolute atomic E-state index is 0.0950. The van der Waals surface area contributed by atoms with E-state index in [9.17, 15) is 9.59 Å². The monoisotopic (exact) mass is 187 g/mol. The molecular formula is C8H13NO4. The minimum Gasteiger partial charge on any atom is -0.480 e. The zero-order valence-corrected chi connectivity index (χ0v) is 7.43. The highest BCUT2D eigenvalue weighted by molar-refractivity contribution is 5.79. The Morgan fingerprint density at radius 3 is 2.38 bits per heavy atom. The molecule has 5 nitrogen and oxygen atoms in total. The number of rotatable bonds is 1. The Kier molecular flexibility index (Phi) is 2.75. The molecule has 0 radical (unpaired) electrons. The summed E-state index contributed by atoms with van der Waals surface area (Å²) in [6, 6.07) is -0.869. The van der Waals surface area contributed by atoms with Gasteiger partial charge in [0, 0.05) is 6.54 Å². The summed E-state index contributed by atoms with van der Waals surface area (Å²) in [7, 11) is 0. The van der Waals surface area contributed by atoms with Gasteiger partial charge in [-0.3, -0.25) is 4.90 Å². The molecule has 1 aliphatic rings. The van der Waals surface area contributed by atoms with Crippen molar-refractivity contribution in [3.8, 4) is 0 Å². The van der Waals surface area contributed by atoms with Gasteiger partial charge in [0.25, 0.3) is 0 Å². The Bertz CT molecular complexity index is 228. The van der Waals surface area contributed by atoms with E-state index < -0.39 is 18.1 Å².